The van der Waals surface area contributed by atoms with Crippen LogP contribution in [0, 0.1) is 128 Å². The van der Waals surface area contributed by atoms with E-state index < -0.39 is 58.2 Å². The van der Waals surface area contributed by atoms with Crippen molar-refractivity contribution in [1.29, 1.82) is 15.8 Å². The fraction of sp³-hybridized carbons (Fsp3) is 0.284. The molecule has 0 spiro atoms. The van der Waals surface area contributed by atoms with Gasteiger partial charge in [-0.3, -0.25) is 14.4 Å². The van der Waals surface area contributed by atoms with Gasteiger partial charge in [-0.2, -0.15) is 30.3 Å². The molecule has 19 nitrogen and oxygen atoms in total. The van der Waals surface area contributed by atoms with Gasteiger partial charge >= 0.3 is 28.8 Å². The summed E-state index contributed by atoms with van der Waals surface area (Å²) in [5.41, 5.74) is 7.72. The van der Waals surface area contributed by atoms with Crippen molar-refractivity contribution in [1.82, 2.24) is 0 Å². The normalized spacial score (nSPS) is 14.1. The molecule has 3 aliphatic heterocycles. The maximum absolute atomic E-state index is 11.5. The third-order valence-electron chi connectivity index (χ3n) is 16.3. The molecule has 0 radical (unpaired) electrons. The smallest absolute Gasteiger partial charge is 1.00 e. The first-order chi connectivity index (χ1) is 60.3. The van der Waals surface area contributed by atoms with Crippen LogP contribution >= 0.6 is 95.6 Å². The first kappa shape index (κ1) is 123. The van der Waals surface area contributed by atoms with Crippen LogP contribution in [0.3, 0.4) is 0 Å². The minimum atomic E-state index is -1.53. The number of aliphatic hydroxyl groups is 2. The van der Waals surface area contributed by atoms with E-state index in [1.54, 1.807) is 100 Å². The van der Waals surface area contributed by atoms with Gasteiger partial charge < -0.3 is 50.7 Å². The second kappa shape index (κ2) is 57.1. The number of terminal acetylenes is 2. The SMILES string of the molecule is Brc1cc[c-]cc1.Brc1ccc(Br)cc1.C#C[Si](C)(C)C.CC(C)(O)C(=O)c1ccc(Br)cc1.CC(C)(O)C(=O)c1ccc(Br)cc1.[Br-].[C-]#[N+]C(C)(C)O[Si](C)(C)C.[C-]#[N+]C1=C(c2ccc(Br)cc2)C(C)(C)O/C1=C(\C#N)[N+]#[C-].[C-]#[N+]C1=C(c2ccc(C#C)cc2)C(C)(C)O/C1=C(\C#N)[N+]#[C-].[C-]#[N+]C1=C(c2ccc(C#C[Si](C)(C)C)cc2)C(C)(C)O/C1=C(\C#N)[N+]#[C-].[C-]#[N+]CC.[Mg+2]. The Hall–Kier alpha value is -10.6. The molecule has 3 heterocycles. The van der Waals surface area contributed by atoms with Crippen LogP contribution in [-0.2, 0) is 18.6 Å². The van der Waals surface area contributed by atoms with Crippen LogP contribution in [0.1, 0.15) is 139 Å². The molecule has 0 saturated carbocycles. The number of halogens is 7. The van der Waals surface area contributed by atoms with Crippen LogP contribution in [0.2, 0.25) is 58.9 Å². The van der Waals surface area contributed by atoms with Crippen LogP contribution in [0.15, 0.2) is 248 Å². The summed E-state index contributed by atoms with van der Waals surface area (Å²) in [6.45, 7) is 98.6. The summed E-state index contributed by atoms with van der Waals surface area (Å²) in [5.74, 6) is 5.41. The molecular formula is C102H100Br7MgN11O8Si3. The van der Waals surface area contributed by atoms with Gasteiger partial charge in [-0.05, 0) is 190 Å². The summed E-state index contributed by atoms with van der Waals surface area (Å²) in [5, 5.41) is 46.1. The Morgan fingerprint density at radius 2 is 0.705 bits per heavy atom. The third kappa shape index (κ3) is 43.0. The molecule has 7 aromatic rings. The van der Waals surface area contributed by atoms with Crippen molar-refractivity contribution in [3.05, 3.63) is 385 Å². The summed E-state index contributed by atoms with van der Waals surface area (Å²) in [7, 11) is -4.08. The summed E-state index contributed by atoms with van der Waals surface area (Å²) >= 11 is 19.9. The molecule has 132 heavy (non-hydrogen) atoms. The van der Waals surface area contributed by atoms with E-state index in [0.717, 1.165) is 54.7 Å². The molecule has 0 unspecified atom stereocenters. The van der Waals surface area contributed by atoms with E-state index in [0.29, 0.717) is 34.4 Å². The minimum absolute atomic E-state index is 0. The van der Waals surface area contributed by atoms with Crippen LogP contribution in [0.4, 0.5) is 0 Å². The minimum Gasteiger partial charge on any atom is -1.00 e. The molecular weight excluding hydrogens is 2180 g/mol. The largest absolute Gasteiger partial charge is 2.00 e. The number of rotatable bonds is 9. The molecule has 0 fully saturated rings. The second-order valence-electron chi connectivity index (χ2n) is 33.4. The van der Waals surface area contributed by atoms with Gasteiger partial charge in [0.1, 0.15) is 61.4 Å². The summed E-state index contributed by atoms with van der Waals surface area (Å²) in [4.78, 5) is 49.4. The third-order valence-corrected chi connectivity index (χ3v) is 22.3. The number of carbonyl (C=O) groups is 2. The number of nitrogens with zero attached hydrogens (tertiary/aromatic N) is 11. The van der Waals surface area contributed by atoms with Gasteiger partial charge in [0.2, 0.25) is 23.6 Å². The van der Waals surface area contributed by atoms with Crippen molar-refractivity contribution < 1.29 is 55.4 Å². The molecule has 0 atom stereocenters. The number of ether oxygens (including phenoxy) is 3. The number of benzene rings is 7. The Kier molecular flexibility index (Phi) is 53.4. The van der Waals surface area contributed by atoms with Crippen LogP contribution in [-0.4, -0.2) is 110 Å². The average Bonchev–Trinajstić information content (AvgIpc) is 1.62. The van der Waals surface area contributed by atoms with Gasteiger partial charge in [0.15, 0.2) is 19.9 Å². The van der Waals surface area contributed by atoms with Gasteiger partial charge in [-0.15, -0.1) is 23.9 Å². The zero-order valence-electron chi connectivity index (χ0n) is 77.6. The summed E-state index contributed by atoms with van der Waals surface area (Å²) < 4.78 is 28.9. The number of hydrogen-bond acceptors (Lipinski definition) is 11. The molecule has 0 aromatic heterocycles. The van der Waals surface area contributed by atoms with Crippen molar-refractivity contribution in [2.24, 2.45) is 0 Å². The average molecular weight is 2280 g/mol. The molecule has 674 valence electrons. The van der Waals surface area contributed by atoms with Crippen LogP contribution in [0.5, 0.6) is 0 Å². The topological polar surface area (TPSA) is 218 Å². The van der Waals surface area contributed by atoms with Crippen molar-refractivity contribution in [2.45, 2.75) is 183 Å². The van der Waals surface area contributed by atoms with E-state index in [1.165, 1.54) is 27.7 Å². The second-order valence-corrected chi connectivity index (χ2v) is 52.9. The van der Waals surface area contributed by atoms with Crippen molar-refractivity contribution in [2.75, 3.05) is 6.54 Å². The molecule has 30 heteroatoms. The first-order valence-corrected chi connectivity index (χ1v) is 54.4. The predicted molar refractivity (Wildman–Crippen MR) is 554 cm³/mol. The number of Topliss-reactive ketones (excluding diaryl/α,β-unsaturated/α-hetero) is 2. The summed E-state index contributed by atoms with van der Waals surface area (Å²) in [6, 6.07) is 60.1. The fourth-order valence-corrected chi connectivity index (χ4v) is 14.4. The van der Waals surface area contributed by atoms with E-state index in [-0.39, 0.29) is 103 Å². The quantitative estimate of drug-likeness (QED) is 0.0455. The van der Waals surface area contributed by atoms with Gasteiger partial charge in [-0.25, -0.2) is 58.0 Å². The van der Waals surface area contributed by atoms with Crippen molar-refractivity contribution in [3.63, 3.8) is 0 Å². The fourth-order valence-electron chi connectivity index (χ4n) is 10.7. The molecule has 10 rings (SSSR count). The Morgan fingerprint density at radius 1 is 0.455 bits per heavy atom. The Balaban J connectivity index is 0. The van der Waals surface area contributed by atoms with E-state index in [4.69, 9.17) is 99.8 Å². The molecule has 0 saturated heterocycles. The van der Waals surface area contributed by atoms with Gasteiger partial charge in [0.05, 0.1) is 57.6 Å². The molecule has 7 aromatic carbocycles. The molecule has 2 N–H and O–H groups in total. The molecule has 0 aliphatic carbocycles. The van der Waals surface area contributed by atoms with E-state index in [2.05, 4.69) is 222 Å². The molecule has 0 bridgehead atoms. The first-order valence-electron chi connectivity index (χ1n) is 39.2. The van der Waals surface area contributed by atoms with Gasteiger partial charge in [0, 0.05) is 82.1 Å². The Labute approximate surface area is 861 Å². The maximum atomic E-state index is 11.5. The Morgan fingerprint density at radius 3 is 0.894 bits per heavy atom. The van der Waals surface area contributed by atoms with E-state index >= 15 is 0 Å². The molecule has 0 amide bonds. The Bertz CT molecular complexity index is 5920. The van der Waals surface area contributed by atoms with Gasteiger partial charge in [-0.1, -0.05) is 212 Å². The number of carbonyl (C=O) groups excluding carboxylic acids is 2. The van der Waals surface area contributed by atoms with Gasteiger partial charge in [0.25, 0.3) is 17.1 Å². The maximum Gasteiger partial charge on any atom is 2.00 e. The van der Waals surface area contributed by atoms with E-state index in [9.17, 15) is 19.8 Å². The van der Waals surface area contributed by atoms with Crippen LogP contribution in [0.25, 0.3) is 55.5 Å². The number of ketones is 2. The summed E-state index contributed by atoms with van der Waals surface area (Å²) in [6.07, 6.45) is 10.5. The van der Waals surface area contributed by atoms with Crippen LogP contribution < -0.4 is 17.0 Å². The van der Waals surface area contributed by atoms with Crippen molar-refractivity contribution in [3.8, 4) is 54.0 Å². The standard InChI is InChI=1S/C21H19N3OSi.C18H11N3O.C16H10BrN3O.2C10H11BrO2.C7H15NOSi.C6H4Br2.C6H4Br.C5H10Si.C3H5N.BrH.Mg/c1-21(2)18(19(24-4)20(25-21)17(14-22)23-3)16-10-8-15(9-11-16)12-13-26(5,6)7;1-6-12-7-9-13(10-8-12)15-16(21-5)17(14(11-19)20-4)22-18(15,2)3;1-16(2)13(10-5-7-11(17)8-6-10)14(20-4)15(21-16)12(9-18)19-3;2*1-10(2,13)9(12)7-3-5-8(11)6-4-7;1-7(2,8-3)9-10(4,5)6;7-5-1-2-6(8)4-3-5;7-6-4-2-1-3-5-6;1-5-6(2,3)4;1-3-4-2;;/h8-11H,1-2,5-7H3;1,7-10H,2-3H3;5-8H,1-2H3;2*3-6,13H,1-2H3;1-2,4-6H3;1-4H;2-5H;1H,2-4H3;3H2,1H3;1H;/q;;;;;;;-1;;;;+2/p-1/b20-17+;17-14+;15-12+;;;;;;;;;. The zero-order valence-corrected chi connectivity index (χ0v) is 93.2. The number of nitriles is 3. The monoisotopic (exact) mass is 2270 g/mol. The van der Waals surface area contributed by atoms with Crippen molar-refractivity contribution >= 4 is 171 Å². The number of hydrogen-bond donors (Lipinski definition) is 2. The number of allylic oxidation sites excluding steroid dienone is 3. The molecule has 3 aliphatic rings. The predicted octanol–water partition coefficient (Wildman–Crippen LogP) is 25.1. The van der Waals surface area contributed by atoms with E-state index in [1.807, 2.05) is 150 Å². The zero-order chi connectivity index (χ0) is 99.7.